The van der Waals surface area contributed by atoms with E-state index >= 15 is 0 Å². The number of carboxylic acids is 1. The molecule has 0 radical (unpaired) electrons. The number of nitriles is 1. The first-order chi connectivity index (χ1) is 12.4. The minimum absolute atomic E-state index is 0.0365. The fourth-order valence-electron chi connectivity index (χ4n) is 4.07. The van der Waals surface area contributed by atoms with Crippen LogP contribution in [0.1, 0.15) is 43.7 Å². The van der Waals surface area contributed by atoms with Crippen LogP contribution in [0.25, 0.3) is 0 Å². The van der Waals surface area contributed by atoms with Gasteiger partial charge < -0.3 is 10.0 Å². The Morgan fingerprint density at radius 1 is 1.27 bits per heavy atom. The summed E-state index contributed by atoms with van der Waals surface area (Å²) in [6.07, 6.45) is 3.28. The number of piperidine rings is 2. The molecule has 0 aromatic heterocycles. The first-order valence-electron chi connectivity index (χ1n) is 9.16. The molecule has 138 valence electrons. The van der Waals surface area contributed by atoms with Gasteiger partial charge in [-0.05, 0) is 62.4 Å². The van der Waals surface area contributed by atoms with Crippen LogP contribution in [0.15, 0.2) is 24.3 Å². The lowest BCUT2D eigenvalue weighted by molar-refractivity contribution is -0.155. The van der Waals surface area contributed by atoms with Crippen molar-refractivity contribution in [3.05, 3.63) is 35.4 Å². The zero-order valence-corrected chi connectivity index (χ0v) is 15.1. The molecule has 1 N–H and O–H groups in total. The van der Waals surface area contributed by atoms with Crippen molar-refractivity contribution in [2.45, 2.75) is 45.2 Å². The van der Waals surface area contributed by atoms with Gasteiger partial charge in [0.1, 0.15) is 6.04 Å². The number of hydrogen-bond donors (Lipinski definition) is 1. The minimum Gasteiger partial charge on any atom is -0.480 e. The molecule has 2 fully saturated rings. The van der Waals surface area contributed by atoms with Crippen molar-refractivity contribution in [1.29, 1.82) is 5.26 Å². The summed E-state index contributed by atoms with van der Waals surface area (Å²) < 4.78 is 0. The zero-order chi connectivity index (χ0) is 18.7. The molecular formula is C20H25N3O3. The van der Waals surface area contributed by atoms with E-state index in [1.54, 1.807) is 11.8 Å². The van der Waals surface area contributed by atoms with Crippen molar-refractivity contribution in [3.63, 3.8) is 0 Å². The van der Waals surface area contributed by atoms with Gasteiger partial charge in [-0.2, -0.15) is 5.26 Å². The van der Waals surface area contributed by atoms with Crippen LogP contribution in [0.4, 0.5) is 0 Å². The van der Waals surface area contributed by atoms with Crippen LogP contribution in [-0.4, -0.2) is 52.5 Å². The number of carbonyl (C=O) groups is 2. The Kier molecular flexibility index (Phi) is 5.28. The third-order valence-electron chi connectivity index (χ3n) is 5.93. The van der Waals surface area contributed by atoms with E-state index in [2.05, 4.69) is 11.0 Å². The molecular weight excluding hydrogens is 330 g/mol. The number of carboxylic acid groups (broad SMARTS) is 1. The Morgan fingerprint density at radius 3 is 2.50 bits per heavy atom. The molecule has 26 heavy (non-hydrogen) atoms. The smallest absolute Gasteiger partial charge is 0.326 e. The SMILES string of the molecule is C[C@H](C(=O)O)N1CC2(CCC1=O)CCN(Cc1ccc(C#N)cc1)CC2. The topological polar surface area (TPSA) is 84.6 Å². The molecule has 1 atom stereocenters. The molecule has 2 aliphatic heterocycles. The van der Waals surface area contributed by atoms with Crippen LogP contribution < -0.4 is 0 Å². The van der Waals surface area contributed by atoms with Crippen LogP contribution in [0, 0.1) is 16.7 Å². The minimum atomic E-state index is -0.936. The molecule has 6 heteroatoms. The van der Waals surface area contributed by atoms with Crippen LogP contribution in [0.5, 0.6) is 0 Å². The van der Waals surface area contributed by atoms with Crippen LogP contribution in [-0.2, 0) is 16.1 Å². The van der Waals surface area contributed by atoms with Crippen molar-refractivity contribution < 1.29 is 14.7 Å². The van der Waals surface area contributed by atoms with Crippen LogP contribution in [0.3, 0.4) is 0 Å². The Bertz CT molecular complexity index is 715. The predicted molar refractivity (Wildman–Crippen MR) is 96.1 cm³/mol. The molecule has 0 aliphatic carbocycles. The Balaban J connectivity index is 1.59. The molecule has 0 bridgehead atoms. The summed E-state index contributed by atoms with van der Waals surface area (Å²) in [6, 6.07) is 9.07. The largest absolute Gasteiger partial charge is 0.480 e. The van der Waals surface area contributed by atoms with E-state index in [1.807, 2.05) is 24.3 Å². The summed E-state index contributed by atoms with van der Waals surface area (Å²) in [4.78, 5) is 27.4. The third kappa shape index (κ3) is 3.88. The van der Waals surface area contributed by atoms with Gasteiger partial charge in [-0.15, -0.1) is 0 Å². The van der Waals surface area contributed by atoms with E-state index in [4.69, 9.17) is 5.26 Å². The molecule has 6 nitrogen and oxygen atoms in total. The predicted octanol–water partition coefficient (Wildman–Crippen LogP) is 2.24. The molecule has 1 amide bonds. The summed E-state index contributed by atoms with van der Waals surface area (Å²) >= 11 is 0. The number of amides is 1. The molecule has 3 rings (SSSR count). The average Bonchev–Trinajstić information content (AvgIpc) is 2.66. The second kappa shape index (κ2) is 7.46. The van der Waals surface area contributed by atoms with Gasteiger partial charge in [0.25, 0.3) is 0 Å². The lowest BCUT2D eigenvalue weighted by Crippen LogP contribution is -2.55. The first-order valence-corrected chi connectivity index (χ1v) is 9.16. The Labute approximate surface area is 154 Å². The quantitative estimate of drug-likeness (QED) is 0.895. The highest BCUT2D eigenvalue weighted by Gasteiger charge is 2.43. The normalized spacial score (nSPS) is 21.4. The lowest BCUT2D eigenvalue weighted by atomic mass is 9.72. The van der Waals surface area contributed by atoms with Gasteiger partial charge in [-0.25, -0.2) is 4.79 Å². The number of nitrogens with zero attached hydrogens (tertiary/aromatic N) is 3. The molecule has 0 saturated carbocycles. The van der Waals surface area contributed by atoms with Gasteiger partial charge >= 0.3 is 5.97 Å². The van der Waals surface area contributed by atoms with Gasteiger partial charge in [-0.1, -0.05) is 12.1 Å². The maximum atomic E-state index is 12.2. The molecule has 1 aromatic rings. The van der Waals surface area contributed by atoms with Gasteiger partial charge in [0, 0.05) is 19.5 Å². The van der Waals surface area contributed by atoms with Crippen molar-refractivity contribution in [2.24, 2.45) is 5.41 Å². The van der Waals surface area contributed by atoms with E-state index in [0.29, 0.717) is 18.5 Å². The Morgan fingerprint density at radius 2 is 1.92 bits per heavy atom. The molecule has 2 aliphatic rings. The van der Waals surface area contributed by atoms with Crippen molar-refractivity contribution in [2.75, 3.05) is 19.6 Å². The molecule has 2 saturated heterocycles. The molecule has 2 heterocycles. The second-order valence-electron chi connectivity index (χ2n) is 7.62. The number of aliphatic carboxylic acids is 1. The zero-order valence-electron chi connectivity index (χ0n) is 15.1. The van der Waals surface area contributed by atoms with E-state index in [1.165, 1.54) is 5.56 Å². The van der Waals surface area contributed by atoms with E-state index in [0.717, 1.165) is 38.9 Å². The van der Waals surface area contributed by atoms with E-state index in [9.17, 15) is 14.7 Å². The van der Waals surface area contributed by atoms with Crippen LogP contribution in [0.2, 0.25) is 0 Å². The molecule has 0 unspecified atom stereocenters. The van der Waals surface area contributed by atoms with Crippen molar-refractivity contribution in [3.8, 4) is 6.07 Å². The fourth-order valence-corrected chi connectivity index (χ4v) is 4.07. The number of hydrogen-bond acceptors (Lipinski definition) is 4. The lowest BCUT2D eigenvalue weighted by Gasteiger charge is -2.48. The summed E-state index contributed by atoms with van der Waals surface area (Å²) in [7, 11) is 0. The van der Waals surface area contributed by atoms with Crippen molar-refractivity contribution >= 4 is 11.9 Å². The standard InChI is InChI=1S/C20H25N3O3/c1-15(19(25)26)23-14-20(7-6-18(23)24)8-10-22(11-9-20)13-17-4-2-16(12-21)3-5-17/h2-5,15H,6-11,13-14H2,1H3,(H,25,26)/t15-/m1/s1. The maximum absolute atomic E-state index is 12.2. The van der Waals surface area contributed by atoms with Gasteiger partial charge in [-0.3, -0.25) is 9.69 Å². The second-order valence-corrected chi connectivity index (χ2v) is 7.62. The fraction of sp³-hybridized carbons (Fsp3) is 0.550. The summed E-state index contributed by atoms with van der Waals surface area (Å²) in [6.45, 7) is 4.91. The number of benzene rings is 1. The first kappa shape index (κ1) is 18.4. The van der Waals surface area contributed by atoms with Crippen molar-refractivity contribution in [1.82, 2.24) is 9.80 Å². The highest BCUT2D eigenvalue weighted by molar-refractivity contribution is 5.84. The number of rotatable bonds is 4. The molecule has 1 aromatic carbocycles. The summed E-state index contributed by atoms with van der Waals surface area (Å²) in [5.41, 5.74) is 1.92. The van der Waals surface area contributed by atoms with E-state index in [-0.39, 0.29) is 11.3 Å². The highest BCUT2D eigenvalue weighted by atomic mass is 16.4. The summed E-state index contributed by atoms with van der Waals surface area (Å²) in [5.74, 6) is -0.973. The van der Waals surface area contributed by atoms with Gasteiger partial charge in [0.05, 0.1) is 11.6 Å². The number of carbonyl (C=O) groups excluding carboxylic acids is 1. The van der Waals surface area contributed by atoms with Crippen LogP contribution >= 0.6 is 0 Å². The average molecular weight is 355 g/mol. The monoisotopic (exact) mass is 355 g/mol. The maximum Gasteiger partial charge on any atom is 0.326 e. The highest BCUT2D eigenvalue weighted by Crippen LogP contribution is 2.41. The molecule has 1 spiro atoms. The third-order valence-corrected chi connectivity index (χ3v) is 5.93. The van der Waals surface area contributed by atoms with E-state index < -0.39 is 12.0 Å². The Hall–Kier alpha value is -2.39. The number of likely N-dealkylation sites (tertiary alicyclic amines) is 2. The van der Waals surface area contributed by atoms with Gasteiger partial charge in [0.15, 0.2) is 0 Å². The van der Waals surface area contributed by atoms with Gasteiger partial charge in [0.2, 0.25) is 5.91 Å². The summed E-state index contributed by atoms with van der Waals surface area (Å²) in [5, 5.41) is 18.1.